The zero-order valence-corrected chi connectivity index (χ0v) is 14.2. The largest absolute Gasteiger partial charge is 0.497 e. The van der Waals surface area contributed by atoms with Gasteiger partial charge < -0.3 is 14.6 Å². The van der Waals surface area contributed by atoms with Gasteiger partial charge in [-0.3, -0.25) is 4.79 Å². The van der Waals surface area contributed by atoms with E-state index in [4.69, 9.17) is 9.26 Å². The summed E-state index contributed by atoms with van der Waals surface area (Å²) >= 11 is 0. The van der Waals surface area contributed by atoms with E-state index in [0.717, 1.165) is 11.3 Å². The molecule has 2 aromatic rings. The molecule has 1 atom stereocenters. The first-order valence-corrected chi connectivity index (χ1v) is 7.57. The first kappa shape index (κ1) is 17.0. The first-order valence-electron chi connectivity index (χ1n) is 7.57. The lowest BCUT2D eigenvalue weighted by molar-refractivity contribution is -0.120. The van der Waals surface area contributed by atoms with Gasteiger partial charge in [-0.25, -0.2) is 0 Å². The number of carbonyl (C=O) groups excluding carboxylic acids is 1. The normalized spacial score (nSPS) is 12.7. The van der Waals surface area contributed by atoms with Crippen LogP contribution in [0.4, 0.5) is 0 Å². The van der Waals surface area contributed by atoms with Gasteiger partial charge in [-0.05, 0) is 37.5 Å². The second-order valence-electron chi connectivity index (χ2n) is 6.20. The molecular formula is C17H23N3O3. The van der Waals surface area contributed by atoms with Crippen LogP contribution in [0.2, 0.25) is 0 Å². The number of benzene rings is 1. The highest BCUT2D eigenvalue weighted by Crippen LogP contribution is 2.24. The molecule has 124 valence electrons. The molecule has 23 heavy (non-hydrogen) atoms. The Morgan fingerprint density at radius 1 is 1.43 bits per heavy atom. The van der Waals surface area contributed by atoms with Crippen molar-refractivity contribution in [3.8, 4) is 5.75 Å². The van der Waals surface area contributed by atoms with Crippen LogP contribution < -0.4 is 10.1 Å². The highest BCUT2D eigenvalue weighted by atomic mass is 16.5. The van der Waals surface area contributed by atoms with E-state index in [9.17, 15) is 4.79 Å². The first-order chi connectivity index (χ1) is 10.8. The Balaban J connectivity index is 2.10. The number of nitrogens with zero attached hydrogens (tertiary/aromatic N) is 2. The Morgan fingerprint density at radius 3 is 2.83 bits per heavy atom. The van der Waals surface area contributed by atoms with Crippen molar-refractivity contribution in [1.29, 1.82) is 0 Å². The van der Waals surface area contributed by atoms with Crippen LogP contribution in [-0.2, 0) is 16.8 Å². The number of hydrogen-bond donors (Lipinski definition) is 1. The van der Waals surface area contributed by atoms with Crippen LogP contribution in [0.25, 0.3) is 0 Å². The number of ether oxygens (including phenoxy) is 1. The lowest BCUT2D eigenvalue weighted by Crippen LogP contribution is -2.40. The van der Waals surface area contributed by atoms with Gasteiger partial charge in [0.15, 0.2) is 5.82 Å². The van der Waals surface area contributed by atoms with E-state index in [1.54, 1.807) is 7.11 Å². The molecule has 1 heterocycles. The van der Waals surface area contributed by atoms with E-state index in [0.29, 0.717) is 18.1 Å². The zero-order valence-electron chi connectivity index (χ0n) is 14.2. The Kier molecular flexibility index (Phi) is 5.03. The van der Waals surface area contributed by atoms with E-state index >= 15 is 0 Å². The van der Waals surface area contributed by atoms with Gasteiger partial charge in [0.1, 0.15) is 5.75 Å². The number of nitrogens with one attached hydrogen (secondary N) is 1. The molecule has 1 aromatic heterocycles. The number of rotatable bonds is 6. The van der Waals surface area contributed by atoms with Crippen LogP contribution in [0.3, 0.4) is 0 Å². The van der Waals surface area contributed by atoms with Crippen LogP contribution in [0.5, 0.6) is 5.75 Å². The molecule has 0 bridgehead atoms. The van der Waals surface area contributed by atoms with Gasteiger partial charge >= 0.3 is 0 Å². The number of amides is 1. The average molecular weight is 317 g/mol. The summed E-state index contributed by atoms with van der Waals surface area (Å²) in [5.41, 5.74) is 0.484. The van der Waals surface area contributed by atoms with Crippen molar-refractivity contribution in [3.63, 3.8) is 0 Å². The van der Waals surface area contributed by atoms with Crippen molar-refractivity contribution in [2.75, 3.05) is 7.11 Å². The zero-order chi connectivity index (χ0) is 17.0. The van der Waals surface area contributed by atoms with E-state index in [1.807, 2.05) is 38.1 Å². The van der Waals surface area contributed by atoms with E-state index in [-0.39, 0.29) is 11.8 Å². The van der Waals surface area contributed by atoms with E-state index in [1.165, 1.54) is 6.92 Å². The van der Waals surface area contributed by atoms with Crippen LogP contribution in [-0.4, -0.2) is 23.2 Å². The van der Waals surface area contributed by atoms with Crippen molar-refractivity contribution < 1.29 is 14.1 Å². The summed E-state index contributed by atoms with van der Waals surface area (Å²) < 4.78 is 10.6. The highest BCUT2D eigenvalue weighted by molar-refractivity contribution is 5.73. The predicted molar refractivity (Wildman–Crippen MR) is 86.3 cm³/mol. The van der Waals surface area contributed by atoms with Crippen LogP contribution in [0.15, 0.2) is 28.8 Å². The summed E-state index contributed by atoms with van der Waals surface area (Å²) in [5, 5.41) is 6.80. The molecule has 0 unspecified atom stereocenters. The molecule has 0 aliphatic carbocycles. The van der Waals surface area contributed by atoms with Gasteiger partial charge in [0.05, 0.1) is 12.6 Å². The molecule has 0 radical (unpaired) electrons. The van der Waals surface area contributed by atoms with Gasteiger partial charge in [0, 0.05) is 13.3 Å². The quantitative estimate of drug-likeness (QED) is 0.886. The molecule has 0 aliphatic rings. The third-order valence-corrected chi connectivity index (χ3v) is 3.66. The van der Waals surface area contributed by atoms with Crippen LogP contribution in [0, 0.1) is 0 Å². The topological polar surface area (TPSA) is 77.2 Å². The van der Waals surface area contributed by atoms with Gasteiger partial charge in [-0.15, -0.1) is 0 Å². The van der Waals surface area contributed by atoms with Crippen molar-refractivity contribution >= 4 is 5.91 Å². The van der Waals surface area contributed by atoms with Crippen LogP contribution >= 0.6 is 0 Å². The molecule has 1 amide bonds. The molecule has 1 aromatic carbocycles. The Morgan fingerprint density at radius 2 is 2.17 bits per heavy atom. The molecule has 2 rings (SSSR count). The fourth-order valence-electron chi connectivity index (χ4n) is 2.42. The van der Waals surface area contributed by atoms with Crippen molar-refractivity contribution in [3.05, 3.63) is 41.5 Å². The Hall–Kier alpha value is -2.37. The Labute approximate surface area is 136 Å². The van der Waals surface area contributed by atoms with Crippen molar-refractivity contribution in [1.82, 2.24) is 15.5 Å². The number of methoxy groups -OCH3 is 1. The second-order valence-corrected chi connectivity index (χ2v) is 6.20. The molecule has 0 fully saturated rings. The molecule has 0 aliphatic heterocycles. The molecule has 0 saturated heterocycles. The summed E-state index contributed by atoms with van der Waals surface area (Å²) in [4.78, 5) is 15.7. The standard InChI is InChI=1S/C17H23N3O3/c1-11(13-7-6-8-14(10-13)22-5)9-15-18-16(20-23-15)17(3,4)19-12(2)21/h6-8,10-11H,9H2,1-5H3,(H,19,21)/t11-/m0/s1. The minimum Gasteiger partial charge on any atom is -0.497 e. The maximum absolute atomic E-state index is 11.3. The molecule has 0 spiro atoms. The fraction of sp³-hybridized carbons (Fsp3) is 0.471. The van der Waals surface area contributed by atoms with Gasteiger partial charge in [-0.1, -0.05) is 24.2 Å². The summed E-state index contributed by atoms with van der Waals surface area (Å²) in [5.74, 6) is 1.93. The highest BCUT2D eigenvalue weighted by Gasteiger charge is 2.27. The predicted octanol–water partition coefficient (Wildman–Crippen LogP) is 2.80. The van der Waals surface area contributed by atoms with Gasteiger partial charge in [0.25, 0.3) is 0 Å². The smallest absolute Gasteiger partial charge is 0.227 e. The second kappa shape index (κ2) is 6.81. The minimum atomic E-state index is -0.660. The van der Waals surface area contributed by atoms with Crippen molar-refractivity contribution in [2.45, 2.75) is 45.6 Å². The van der Waals surface area contributed by atoms with Crippen LogP contribution in [0.1, 0.15) is 50.9 Å². The lowest BCUT2D eigenvalue weighted by Gasteiger charge is -2.20. The summed E-state index contributed by atoms with van der Waals surface area (Å²) in [7, 11) is 1.65. The minimum absolute atomic E-state index is 0.133. The molecular weight excluding hydrogens is 294 g/mol. The summed E-state index contributed by atoms with van der Waals surface area (Å²) in [6.45, 7) is 7.24. The third kappa shape index (κ3) is 4.31. The maximum atomic E-state index is 11.3. The number of hydrogen-bond acceptors (Lipinski definition) is 5. The Bertz CT molecular complexity index is 679. The van der Waals surface area contributed by atoms with E-state index in [2.05, 4.69) is 22.4 Å². The van der Waals surface area contributed by atoms with Gasteiger partial charge in [-0.2, -0.15) is 4.98 Å². The maximum Gasteiger partial charge on any atom is 0.227 e. The average Bonchev–Trinajstić information content (AvgIpc) is 2.95. The molecule has 6 heteroatoms. The summed E-state index contributed by atoms with van der Waals surface area (Å²) in [6.07, 6.45) is 0.621. The SMILES string of the molecule is COc1cccc([C@@H](C)Cc2nc(C(C)(C)NC(C)=O)no2)c1. The number of aromatic nitrogens is 2. The summed E-state index contributed by atoms with van der Waals surface area (Å²) in [6, 6.07) is 7.93. The lowest BCUT2D eigenvalue weighted by atomic mass is 9.97. The monoisotopic (exact) mass is 317 g/mol. The number of carbonyl (C=O) groups is 1. The third-order valence-electron chi connectivity index (χ3n) is 3.66. The molecule has 6 nitrogen and oxygen atoms in total. The molecule has 0 saturated carbocycles. The van der Waals surface area contributed by atoms with Crippen molar-refractivity contribution in [2.24, 2.45) is 0 Å². The van der Waals surface area contributed by atoms with E-state index < -0.39 is 5.54 Å². The molecule has 1 N–H and O–H groups in total. The van der Waals surface area contributed by atoms with Gasteiger partial charge in [0.2, 0.25) is 11.8 Å². The fourth-order valence-corrected chi connectivity index (χ4v) is 2.42.